The van der Waals surface area contributed by atoms with Crippen LogP contribution in [0.15, 0.2) is 302 Å². The number of hydrogen-bond donors (Lipinski definition) is 5. The SMILES string of the molecule is C.CC(=O)NCC(F)(F)c1ccc(C)cc1-c1cccc(F)c1.CC(=O)NCC(F)(F)c1ccc(O)cc1-c1cccc(F)c1.COC(=O)C(=O)c1ccc(C)cc1-c1cccc(F)c1.COC(=O)C(F)(F)c1ccc(C)cc1-c1cccc(F)c1.Cc1ccc(Br)c(-c2cccc(F)c2)c1.Cc1ccc(C(F)(F)CN)c(-c2cccc(F)c2)c1.Cc1ccc(C(F)(F)CO)c(-c2cccc(F)c2)c1. The fraction of sp³-hybridized carbons (Fsp3) is 0.183. The van der Waals surface area contributed by atoms with E-state index in [9.17, 15) is 104 Å². The second kappa shape index (κ2) is 50.1. The molecule has 0 saturated carbocycles. The van der Waals surface area contributed by atoms with E-state index in [1.54, 1.807) is 125 Å². The first-order valence-corrected chi connectivity index (χ1v) is 42.7. The predicted molar refractivity (Wildman–Crippen MR) is 509 cm³/mol. The zero-order chi connectivity index (χ0) is 102. The number of methoxy groups -OCH3 is 2. The zero-order valence-electron chi connectivity index (χ0n) is 75.8. The number of aryl methyl sites for hydroxylation is 6. The maximum atomic E-state index is 14.4. The number of carbonyl (C=O) groups is 5. The first-order chi connectivity index (χ1) is 65.0. The number of alkyl halides is 10. The van der Waals surface area contributed by atoms with Crippen LogP contribution in [0, 0.1) is 82.3 Å². The standard InChI is InChI=1S/C17H16F3NO.C16H14F3NO2.C16H13F3O2.C16H13FO3.C15H14F3N.C15H13F3O.C13H10BrF.CH4/c1-11-6-7-16(17(19,20)10-21-12(2)22)15(8-11)13-4-3-5-14(18)9-13;1-10(21)20-9-16(18,19)15-6-5-13(22)8-14(15)11-3-2-4-12(17)7-11;1-10-6-7-14(16(18,19)15(20)21-2)13(8-10)11-4-3-5-12(17)9-11;1-10-6-7-13(15(18)16(19)20-2)14(8-10)11-4-3-5-12(17)9-11;2*1-10-5-6-14(15(17,18)9-19)13(7-10)11-3-2-4-12(16)8-11;1-9-5-6-13(14)12(7-9)10-3-2-4-11(15)8-10;/h3-9H,10H2,1-2H3,(H,21,22);2-8,22H,9H2,1H3,(H,20,21);3-9H,1-2H3;3-9H,1-2H3;2-8H,9,19H2,1H3;2-8,19H,9H2,1H3;2-8H,1H3;1H4. The van der Waals surface area contributed by atoms with Gasteiger partial charge in [0, 0.05) is 51.7 Å². The van der Waals surface area contributed by atoms with Crippen molar-refractivity contribution in [1.82, 2.24) is 10.6 Å². The molecule has 12 nitrogen and oxygen atoms in total. The van der Waals surface area contributed by atoms with Crippen LogP contribution < -0.4 is 16.4 Å². The molecule has 0 aliphatic carbocycles. The average molecular weight is 2000 g/mol. The summed E-state index contributed by atoms with van der Waals surface area (Å²) in [5, 5.41) is 22.6. The Labute approximate surface area is 801 Å². The molecule has 0 spiro atoms. The third kappa shape index (κ3) is 31.6. The number of amides is 2. The number of phenolic OH excluding ortho intramolecular Hbond substituents is 1. The Morgan fingerprint density at radius 1 is 0.331 bits per heavy atom. The Morgan fingerprint density at radius 3 is 0.892 bits per heavy atom. The number of nitrogens with two attached hydrogens (primary N) is 1. The fourth-order valence-corrected chi connectivity index (χ4v) is 14.2. The van der Waals surface area contributed by atoms with E-state index in [-0.39, 0.29) is 74.6 Å². The van der Waals surface area contributed by atoms with Gasteiger partial charge in [0.1, 0.15) is 53.1 Å². The van der Waals surface area contributed by atoms with Crippen LogP contribution in [0.4, 0.5) is 74.6 Å². The molecule has 30 heteroatoms. The Balaban J connectivity index is 0.000000221. The van der Waals surface area contributed by atoms with Gasteiger partial charge in [-0.15, -0.1) is 0 Å². The van der Waals surface area contributed by atoms with Gasteiger partial charge < -0.3 is 36.1 Å². The van der Waals surface area contributed by atoms with Crippen LogP contribution in [-0.2, 0) is 58.3 Å². The van der Waals surface area contributed by atoms with Crippen LogP contribution in [0.5, 0.6) is 5.75 Å². The number of Topliss-reactive ketones (excluding diaryl/α,β-unsaturated/α-hetero) is 1. The number of aliphatic hydroxyl groups is 1. The number of nitrogens with one attached hydrogen (secondary N) is 2. The van der Waals surface area contributed by atoms with Crippen molar-refractivity contribution in [2.45, 2.75) is 92.4 Å². The lowest BCUT2D eigenvalue weighted by Gasteiger charge is -2.21. The summed E-state index contributed by atoms with van der Waals surface area (Å²) < 4.78 is 243. The number of hydrogen-bond acceptors (Lipinski definition) is 10. The molecule has 0 aliphatic heterocycles. The molecular weight excluding hydrogens is 1900 g/mol. The largest absolute Gasteiger partial charge is 0.508 e. The molecule has 14 aromatic carbocycles. The summed E-state index contributed by atoms with van der Waals surface area (Å²) in [5.41, 5.74) is 14.5. The second-order valence-electron chi connectivity index (χ2n) is 31.4. The number of halogens is 18. The number of ether oxygens (including phenoxy) is 2. The van der Waals surface area contributed by atoms with Gasteiger partial charge >= 0.3 is 17.9 Å². The fourth-order valence-electron chi connectivity index (χ4n) is 13.8. The summed E-state index contributed by atoms with van der Waals surface area (Å²) in [4.78, 5) is 56.4. The van der Waals surface area contributed by atoms with E-state index >= 15 is 0 Å². The molecule has 2 amide bonds. The summed E-state index contributed by atoms with van der Waals surface area (Å²) in [6.45, 7) is 9.53. The lowest BCUT2D eigenvalue weighted by Crippen LogP contribution is -2.33. The van der Waals surface area contributed by atoms with E-state index < -0.39 is 131 Å². The third-order valence-electron chi connectivity index (χ3n) is 20.5. The Morgan fingerprint density at radius 2 is 0.590 bits per heavy atom. The first kappa shape index (κ1) is 112. The van der Waals surface area contributed by atoms with Gasteiger partial charge in [-0.25, -0.2) is 40.3 Å². The van der Waals surface area contributed by atoms with Crippen molar-refractivity contribution in [3.8, 4) is 83.6 Å². The summed E-state index contributed by atoms with van der Waals surface area (Å²) in [6, 6.07) is 71.5. The number of ketones is 1. The highest BCUT2D eigenvalue weighted by molar-refractivity contribution is 9.10. The Hall–Kier alpha value is -14.4. The minimum atomic E-state index is -3.80. The molecule has 0 atom stereocenters. The van der Waals surface area contributed by atoms with E-state index in [2.05, 4.69) is 36.0 Å². The smallest absolute Gasteiger partial charge is 0.381 e. The van der Waals surface area contributed by atoms with Crippen molar-refractivity contribution in [2.75, 3.05) is 40.5 Å². The van der Waals surface area contributed by atoms with Gasteiger partial charge in [0.2, 0.25) is 11.8 Å². The second-order valence-corrected chi connectivity index (χ2v) is 32.3. The number of esters is 2. The number of phenols is 1. The number of aromatic hydroxyl groups is 1. The van der Waals surface area contributed by atoms with Crippen molar-refractivity contribution in [1.29, 1.82) is 0 Å². The average Bonchev–Trinajstić information content (AvgIpc) is 0.788. The minimum absolute atomic E-state index is 0. The van der Waals surface area contributed by atoms with Crippen molar-refractivity contribution in [2.24, 2.45) is 5.73 Å². The number of rotatable bonds is 21. The summed E-state index contributed by atoms with van der Waals surface area (Å²) >= 11 is 3.47. The summed E-state index contributed by atoms with van der Waals surface area (Å²) in [5.74, 6) is -24.7. The lowest BCUT2D eigenvalue weighted by atomic mass is 9.93. The van der Waals surface area contributed by atoms with Crippen molar-refractivity contribution < 1.29 is 118 Å². The van der Waals surface area contributed by atoms with Gasteiger partial charge in [-0.2, -0.15) is 43.9 Å². The van der Waals surface area contributed by atoms with Gasteiger partial charge in [-0.05, 0) is 235 Å². The molecule has 14 rings (SSSR count). The van der Waals surface area contributed by atoms with Gasteiger partial charge in [0.25, 0.3) is 29.5 Å². The number of benzene rings is 14. The van der Waals surface area contributed by atoms with Gasteiger partial charge in [-0.3, -0.25) is 14.4 Å². The van der Waals surface area contributed by atoms with E-state index in [0.29, 0.717) is 33.4 Å². The molecule has 14 aromatic rings. The molecular formula is C109H97BrF17N3O9. The molecule has 0 radical (unpaired) electrons. The molecule has 0 fully saturated rings. The molecule has 6 N–H and O–H groups in total. The van der Waals surface area contributed by atoms with Gasteiger partial charge in [0.15, 0.2) is 0 Å². The molecule has 728 valence electrons. The molecule has 0 heterocycles. The lowest BCUT2D eigenvalue weighted by molar-refractivity contribution is -0.170. The van der Waals surface area contributed by atoms with E-state index in [0.717, 1.165) is 107 Å². The summed E-state index contributed by atoms with van der Waals surface area (Å²) in [6.07, 6.45) is 0. The minimum Gasteiger partial charge on any atom is -0.508 e. The molecule has 0 saturated heterocycles. The highest BCUT2D eigenvalue weighted by Crippen LogP contribution is 2.44. The van der Waals surface area contributed by atoms with Crippen LogP contribution in [0.3, 0.4) is 0 Å². The first-order valence-electron chi connectivity index (χ1n) is 41.9. The van der Waals surface area contributed by atoms with Crippen LogP contribution >= 0.6 is 15.9 Å². The van der Waals surface area contributed by atoms with E-state index in [4.69, 9.17) is 10.8 Å². The summed E-state index contributed by atoms with van der Waals surface area (Å²) in [7, 11) is 2.04. The monoisotopic (exact) mass is 1990 g/mol. The number of aliphatic hydroxyl groups excluding tert-OH is 1. The number of carbonyl (C=O) groups excluding carboxylic acids is 5. The van der Waals surface area contributed by atoms with E-state index in [1.807, 2.05) is 38.1 Å². The molecule has 0 aliphatic rings. The maximum Gasteiger partial charge on any atom is 0.381 e. The molecule has 0 bridgehead atoms. The van der Waals surface area contributed by atoms with Crippen molar-refractivity contribution >= 4 is 45.5 Å². The normalized spacial score (nSPS) is 11.0. The van der Waals surface area contributed by atoms with Crippen LogP contribution in [0.2, 0.25) is 0 Å². The maximum absolute atomic E-state index is 14.4. The van der Waals surface area contributed by atoms with E-state index in [1.165, 1.54) is 146 Å². The Kier molecular flexibility index (Phi) is 40.2. The van der Waals surface area contributed by atoms with Gasteiger partial charge in [0.05, 0.1) is 33.9 Å². The van der Waals surface area contributed by atoms with Crippen LogP contribution in [0.1, 0.15) is 92.8 Å². The van der Waals surface area contributed by atoms with Crippen molar-refractivity contribution in [3.05, 3.63) is 409 Å². The highest BCUT2D eigenvalue weighted by Gasteiger charge is 2.45. The van der Waals surface area contributed by atoms with Crippen molar-refractivity contribution in [3.63, 3.8) is 0 Å². The van der Waals surface area contributed by atoms with Gasteiger partial charge in [-0.1, -0.05) is 239 Å². The van der Waals surface area contributed by atoms with Crippen LogP contribution in [0.25, 0.3) is 77.9 Å². The quantitative estimate of drug-likeness (QED) is 0.0200. The zero-order valence-corrected chi connectivity index (χ0v) is 77.3. The predicted octanol–water partition coefficient (Wildman–Crippen LogP) is 27.6. The van der Waals surface area contributed by atoms with Crippen LogP contribution in [-0.4, -0.2) is 80.2 Å². The third-order valence-corrected chi connectivity index (χ3v) is 21.2. The Bertz CT molecular complexity index is 6430. The topological polar surface area (TPSA) is 194 Å². The highest BCUT2D eigenvalue weighted by atomic mass is 79.9. The molecule has 139 heavy (non-hydrogen) atoms. The molecule has 0 unspecified atom stereocenters. The molecule has 0 aromatic heterocycles.